The van der Waals surface area contributed by atoms with E-state index in [4.69, 9.17) is 11.6 Å². The fourth-order valence-corrected chi connectivity index (χ4v) is 5.73. The van der Waals surface area contributed by atoms with Crippen LogP contribution in [0.5, 0.6) is 0 Å². The summed E-state index contributed by atoms with van der Waals surface area (Å²) in [6.45, 7) is 1.89. The summed E-state index contributed by atoms with van der Waals surface area (Å²) >= 11 is 6.31. The fraction of sp³-hybridized carbons (Fsp3) is 0.250. The summed E-state index contributed by atoms with van der Waals surface area (Å²) in [5.74, 6) is -0.456. The Hall–Kier alpha value is -3.76. The zero-order chi connectivity index (χ0) is 33.2. The minimum Gasteiger partial charge on any atom is -0.275 e. The summed E-state index contributed by atoms with van der Waals surface area (Å²) in [5, 5.41) is 4.55. The summed E-state index contributed by atoms with van der Waals surface area (Å²) < 4.78 is 132. The third kappa shape index (κ3) is 7.56. The molecule has 8 nitrogen and oxygen atoms in total. The van der Waals surface area contributed by atoms with E-state index in [9.17, 15) is 43.2 Å². The molecule has 0 fully saturated rings. The number of aromatic nitrogens is 2. The van der Waals surface area contributed by atoms with Crippen LogP contribution in [0.3, 0.4) is 0 Å². The largest absolute Gasteiger partial charge is 0.516 e. The quantitative estimate of drug-likeness (QED) is 0.157. The lowest BCUT2D eigenvalue weighted by atomic mass is 9.98. The fourth-order valence-electron chi connectivity index (χ4n) is 4.35. The number of para-hydroxylation sites is 2. The van der Waals surface area contributed by atoms with Crippen LogP contribution >= 0.6 is 11.6 Å². The smallest absolute Gasteiger partial charge is 0.275 e. The van der Waals surface area contributed by atoms with Crippen molar-refractivity contribution < 1.29 is 43.2 Å². The first-order valence-corrected chi connectivity index (χ1v) is 16.5. The topological polar surface area (TPSA) is 110 Å². The van der Waals surface area contributed by atoms with Gasteiger partial charge in [-0.25, -0.2) is 4.68 Å². The molecule has 4 rings (SSSR count). The van der Waals surface area contributed by atoms with Crippen molar-refractivity contribution >= 4 is 43.2 Å². The monoisotopic (exact) mass is 694 g/mol. The molecule has 17 heteroatoms. The van der Waals surface area contributed by atoms with E-state index in [1.54, 1.807) is 16.9 Å². The Balaban J connectivity index is 1.79. The Kier molecular flexibility index (Phi) is 9.80. The molecule has 0 atom stereocenters. The molecule has 0 spiro atoms. The second kappa shape index (κ2) is 12.9. The lowest BCUT2D eigenvalue weighted by Gasteiger charge is -2.16. The summed E-state index contributed by atoms with van der Waals surface area (Å²) in [6, 6.07) is 17.5. The molecule has 1 heterocycles. The van der Waals surface area contributed by atoms with Crippen LogP contribution in [0.2, 0.25) is 5.02 Å². The van der Waals surface area contributed by atoms with E-state index in [1.807, 2.05) is 6.92 Å². The Morgan fingerprint density at radius 2 is 1.38 bits per heavy atom. The number of alkyl halides is 6. The third-order valence-electron chi connectivity index (χ3n) is 6.57. The Labute approximate surface area is 260 Å². The first kappa shape index (κ1) is 34.1. The van der Waals surface area contributed by atoms with Crippen molar-refractivity contribution in [1.82, 2.24) is 9.78 Å². The molecular formula is C28H25ClF6N4O4S2. The lowest BCUT2D eigenvalue weighted by molar-refractivity contribution is -0.0435. The summed E-state index contributed by atoms with van der Waals surface area (Å²) in [4.78, 5) is 0. The van der Waals surface area contributed by atoms with Gasteiger partial charge in [0, 0.05) is 17.5 Å². The number of unbranched alkanes of at least 4 members (excludes halogenated alkanes) is 1. The number of hydrogen-bond acceptors (Lipinski definition) is 5. The molecule has 45 heavy (non-hydrogen) atoms. The zero-order valence-electron chi connectivity index (χ0n) is 23.2. The molecule has 4 aromatic rings. The van der Waals surface area contributed by atoms with Gasteiger partial charge in [-0.2, -0.15) is 48.3 Å². The van der Waals surface area contributed by atoms with Crippen molar-refractivity contribution in [2.75, 3.05) is 9.44 Å². The minimum atomic E-state index is -5.88. The molecule has 0 saturated heterocycles. The van der Waals surface area contributed by atoms with Gasteiger partial charge in [-0.15, -0.1) is 0 Å². The molecule has 0 aliphatic rings. The second-order valence-corrected chi connectivity index (χ2v) is 13.5. The van der Waals surface area contributed by atoms with Gasteiger partial charge in [0.1, 0.15) is 5.82 Å². The maximum absolute atomic E-state index is 13.5. The van der Waals surface area contributed by atoms with Crippen LogP contribution in [0.15, 0.2) is 72.8 Å². The van der Waals surface area contributed by atoms with Crippen molar-refractivity contribution in [3.8, 4) is 16.8 Å². The maximum atomic E-state index is 13.5. The van der Waals surface area contributed by atoms with Crippen molar-refractivity contribution in [2.24, 2.45) is 0 Å². The van der Waals surface area contributed by atoms with Crippen LogP contribution in [-0.2, 0) is 32.9 Å². The number of nitrogens with one attached hydrogen (secondary N) is 2. The van der Waals surface area contributed by atoms with Gasteiger partial charge in [-0.05, 0) is 42.2 Å². The number of rotatable bonds is 11. The van der Waals surface area contributed by atoms with E-state index in [0.717, 1.165) is 10.7 Å². The van der Waals surface area contributed by atoms with Gasteiger partial charge in [0.25, 0.3) is 0 Å². The molecule has 0 saturated carbocycles. The van der Waals surface area contributed by atoms with Crippen LogP contribution in [-0.4, -0.2) is 37.6 Å². The summed E-state index contributed by atoms with van der Waals surface area (Å²) in [5.41, 5.74) is -9.94. The molecule has 2 N–H and O–H groups in total. The van der Waals surface area contributed by atoms with Crippen molar-refractivity contribution in [3.63, 3.8) is 0 Å². The molecule has 0 radical (unpaired) electrons. The molecule has 242 valence electrons. The number of sulfonamides is 2. The van der Waals surface area contributed by atoms with E-state index < -0.39 is 36.9 Å². The van der Waals surface area contributed by atoms with Crippen molar-refractivity contribution in [1.29, 1.82) is 0 Å². The molecule has 0 bridgehead atoms. The normalized spacial score (nSPS) is 12.7. The SMILES string of the molecule is CCCCc1nn(-c2ccccc2Cl)c(NS(=O)(=O)C(F)(F)F)c1Cc1ccc(-c2ccccc2NS(=O)(=O)C(F)(F)F)cc1. The second-order valence-electron chi connectivity index (χ2n) is 9.76. The number of hydrogen-bond donors (Lipinski definition) is 2. The molecule has 0 aliphatic heterocycles. The van der Waals surface area contributed by atoms with Crippen LogP contribution in [0.4, 0.5) is 37.8 Å². The highest BCUT2D eigenvalue weighted by Gasteiger charge is 2.47. The highest BCUT2D eigenvalue weighted by Crippen LogP contribution is 2.36. The molecule has 0 amide bonds. The molecule has 0 unspecified atom stereocenters. The number of halogens is 7. The van der Waals surface area contributed by atoms with Crippen LogP contribution in [0, 0.1) is 0 Å². The first-order chi connectivity index (χ1) is 20.9. The average Bonchev–Trinajstić information content (AvgIpc) is 3.27. The Morgan fingerprint density at radius 3 is 1.98 bits per heavy atom. The van der Waals surface area contributed by atoms with E-state index in [1.165, 1.54) is 59.3 Å². The zero-order valence-corrected chi connectivity index (χ0v) is 25.6. The number of aryl methyl sites for hydroxylation is 1. The highest BCUT2D eigenvalue weighted by atomic mass is 35.5. The van der Waals surface area contributed by atoms with Crippen LogP contribution in [0.1, 0.15) is 36.6 Å². The van der Waals surface area contributed by atoms with Crippen LogP contribution < -0.4 is 9.44 Å². The van der Waals surface area contributed by atoms with Gasteiger partial charge < -0.3 is 0 Å². The van der Waals surface area contributed by atoms with Gasteiger partial charge in [-0.1, -0.05) is 79.5 Å². The van der Waals surface area contributed by atoms with E-state index in [-0.39, 0.29) is 33.9 Å². The molecule has 3 aromatic carbocycles. The van der Waals surface area contributed by atoms with Crippen molar-refractivity contribution in [2.45, 2.75) is 43.6 Å². The van der Waals surface area contributed by atoms with E-state index in [0.29, 0.717) is 36.1 Å². The van der Waals surface area contributed by atoms with Gasteiger partial charge in [-0.3, -0.25) is 9.44 Å². The Bertz CT molecular complexity index is 1890. The average molecular weight is 695 g/mol. The lowest BCUT2D eigenvalue weighted by Crippen LogP contribution is -2.31. The predicted molar refractivity (Wildman–Crippen MR) is 159 cm³/mol. The van der Waals surface area contributed by atoms with Crippen LogP contribution in [0.25, 0.3) is 16.8 Å². The predicted octanol–water partition coefficient (Wildman–Crippen LogP) is 7.65. The number of nitrogens with zero attached hydrogens (tertiary/aromatic N) is 2. The standard InChI is InChI=1S/C28H25ClF6N4O4S2/c1-2-3-10-23-21(26(38-45(42,43)28(33,34)35)39(36-23)25-12-7-5-9-22(25)29)17-18-13-15-19(16-14-18)20-8-4-6-11-24(20)37-44(40,41)27(30,31)32/h4-9,11-16,37-38H,2-3,10,17H2,1H3. The van der Waals surface area contributed by atoms with Gasteiger partial charge in [0.2, 0.25) is 0 Å². The number of anilines is 2. The first-order valence-electron chi connectivity index (χ1n) is 13.2. The van der Waals surface area contributed by atoms with E-state index in [2.05, 4.69) is 5.10 Å². The molecule has 0 aliphatic carbocycles. The van der Waals surface area contributed by atoms with Crippen molar-refractivity contribution in [3.05, 3.63) is 94.6 Å². The third-order valence-corrected chi connectivity index (χ3v) is 9.06. The Morgan fingerprint density at radius 1 is 0.800 bits per heavy atom. The van der Waals surface area contributed by atoms with Gasteiger partial charge in [0.05, 0.1) is 22.1 Å². The highest BCUT2D eigenvalue weighted by molar-refractivity contribution is 7.93. The minimum absolute atomic E-state index is 0.0954. The summed E-state index contributed by atoms with van der Waals surface area (Å²) in [6.07, 6.45) is 1.49. The van der Waals surface area contributed by atoms with Gasteiger partial charge in [0.15, 0.2) is 0 Å². The summed E-state index contributed by atoms with van der Waals surface area (Å²) in [7, 11) is -11.6. The molecule has 1 aromatic heterocycles. The van der Waals surface area contributed by atoms with E-state index >= 15 is 0 Å². The maximum Gasteiger partial charge on any atom is 0.516 e. The molecular weight excluding hydrogens is 670 g/mol. The van der Waals surface area contributed by atoms with Gasteiger partial charge >= 0.3 is 31.1 Å². The number of benzene rings is 3.